The maximum Gasteiger partial charge on any atom is 0.338 e. The van der Waals surface area contributed by atoms with Gasteiger partial charge in [0.05, 0.1) is 27.3 Å². The Bertz CT molecular complexity index is 1160. The molecule has 8 heteroatoms. The molecule has 0 bridgehead atoms. The molecule has 2 aromatic carbocycles. The highest BCUT2D eigenvalue weighted by molar-refractivity contribution is 6.33. The van der Waals surface area contributed by atoms with Gasteiger partial charge in [-0.05, 0) is 51.1 Å². The number of aromatic nitrogens is 2. The second kappa shape index (κ2) is 8.45. The molecule has 0 fully saturated rings. The van der Waals surface area contributed by atoms with Crippen molar-refractivity contribution < 1.29 is 14.3 Å². The number of carbonyl (C=O) groups is 2. The van der Waals surface area contributed by atoms with Gasteiger partial charge in [0.15, 0.2) is 6.10 Å². The highest BCUT2D eigenvalue weighted by atomic mass is 35.5. The Morgan fingerprint density at radius 2 is 1.97 bits per heavy atom. The van der Waals surface area contributed by atoms with E-state index in [0.29, 0.717) is 34.0 Å². The highest BCUT2D eigenvalue weighted by Gasteiger charge is 2.20. The van der Waals surface area contributed by atoms with Crippen LogP contribution < -0.4 is 10.9 Å². The van der Waals surface area contributed by atoms with Crippen molar-refractivity contribution in [3.63, 3.8) is 0 Å². The lowest BCUT2D eigenvalue weighted by atomic mass is 10.2. The molecule has 0 spiro atoms. The number of benzene rings is 2. The Hall–Kier alpha value is -3.19. The zero-order chi connectivity index (χ0) is 21.1. The minimum absolute atomic E-state index is 0.166. The van der Waals surface area contributed by atoms with E-state index >= 15 is 0 Å². The first-order valence-corrected chi connectivity index (χ1v) is 9.47. The zero-order valence-electron chi connectivity index (χ0n) is 16.2. The van der Waals surface area contributed by atoms with Crippen LogP contribution in [-0.2, 0) is 16.1 Å². The summed E-state index contributed by atoms with van der Waals surface area (Å²) in [6.45, 7) is 5.45. The van der Waals surface area contributed by atoms with E-state index in [9.17, 15) is 14.4 Å². The summed E-state index contributed by atoms with van der Waals surface area (Å²) in [5.74, 6) is -1.16. The van der Waals surface area contributed by atoms with Gasteiger partial charge in [0.1, 0.15) is 5.69 Å². The number of hydrogen-bond acceptors (Lipinski definition) is 5. The average molecular weight is 414 g/mol. The third-order valence-corrected chi connectivity index (χ3v) is 4.78. The Balaban J connectivity index is 1.79. The van der Waals surface area contributed by atoms with Crippen LogP contribution in [-0.4, -0.2) is 27.5 Å². The smallest absolute Gasteiger partial charge is 0.338 e. The summed E-state index contributed by atoms with van der Waals surface area (Å²) < 4.78 is 6.87. The second-order valence-electron chi connectivity index (χ2n) is 6.47. The molecule has 0 aliphatic heterocycles. The van der Waals surface area contributed by atoms with Crippen molar-refractivity contribution in [2.75, 3.05) is 5.32 Å². The van der Waals surface area contributed by atoms with Gasteiger partial charge in [0.2, 0.25) is 0 Å². The molecule has 0 saturated heterocycles. The minimum atomic E-state index is -1.03. The number of carbonyl (C=O) groups excluding carboxylic acids is 2. The Morgan fingerprint density at radius 3 is 2.66 bits per heavy atom. The molecule has 29 heavy (non-hydrogen) atoms. The second-order valence-corrected chi connectivity index (χ2v) is 6.87. The predicted octanol–water partition coefficient (Wildman–Crippen LogP) is 3.56. The van der Waals surface area contributed by atoms with Gasteiger partial charge in [0, 0.05) is 6.54 Å². The summed E-state index contributed by atoms with van der Waals surface area (Å²) >= 11 is 6.03. The molecule has 1 heterocycles. The van der Waals surface area contributed by atoms with Crippen LogP contribution in [0.25, 0.3) is 11.0 Å². The van der Waals surface area contributed by atoms with Crippen molar-refractivity contribution >= 4 is 40.2 Å². The fourth-order valence-electron chi connectivity index (χ4n) is 2.89. The summed E-state index contributed by atoms with van der Waals surface area (Å²) in [6.07, 6.45) is -1.03. The van der Waals surface area contributed by atoms with E-state index in [-0.39, 0.29) is 11.1 Å². The summed E-state index contributed by atoms with van der Waals surface area (Å²) in [6, 6.07) is 11.5. The number of esters is 1. The highest BCUT2D eigenvalue weighted by Crippen LogP contribution is 2.21. The fourth-order valence-corrected chi connectivity index (χ4v) is 3.08. The molecule has 1 aromatic heterocycles. The topological polar surface area (TPSA) is 90.3 Å². The molecule has 0 aliphatic carbocycles. The van der Waals surface area contributed by atoms with Crippen molar-refractivity contribution in [2.24, 2.45) is 0 Å². The lowest BCUT2D eigenvalue weighted by Gasteiger charge is -2.15. The molecule has 1 amide bonds. The van der Waals surface area contributed by atoms with Crippen LogP contribution in [0.2, 0.25) is 5.02 Å². The van der Waals surface area contributed by atoms with Crippen LogP contribution in [0, 0.1) is 6.92 Å². The van der Waals surface area contributed by atoms with Crippen LogP contribution in [0.4, 0.5) is 5.69 Å². The van der Waals surface area contributed by atoms with E-state index in [2.05, 4.69) is 10.3 Å². The molecule has 1 atom stereocenters. The molecule has 150 valence electrons. The predicted molar refractivity (Wildman–Crippen MR) is 111 cm³/mol. The monoisotopic (exact) mass is 413 g/mol. The van der Waals surface area contributed by atoms with Gasteiger partial charge in [-0.25, -0.2) is 9.78 Å². The summed E-state index contributed by atoms with van der Waals surface area (Å²) in [4.78, 5) is 41.3. The average Bonchev–Trinajstić information content (AvgIpc) is 2.70. The standard InChI is InChI=1S/C21H20ClN3O4/c1-4-25-18-10-9-14(11-17(18)23-12(2)20(25)27)21(28)29-13(3)19(26)24-16-8-6-5-7-15(16)22/h5-11,13H,4H2,1-3H3,(H,24,26)/t13-/m0/s1. The molecule has 7 nitrogen and oxygen atoms in total. The van der Waals surface area contributed by atoms with E-state index in [1.54, 1.807) is 54.0 Å². The van der Waals surface area contributed by atoms with Gasteiger partial charge in [-0.2, -0.15) is 0 Å². The van der Waals surface area contributed by atoms with Crippen molar-refractivity contribution in [1.82, 2.24) is 9.55 Å². The molecule has 0 unspecified atom stereocenters. The fraction of sp³-hybridized carbons (Fsp3) is 0.238. The first-order valence-electron chi connectivity index (χ1n) is 9.09. The summed E-state index contributed by atoms with van der Waals surface area (Å²) in [5.41, 5.74) is 1.99. The summed E-state index contributed by atoms with van der Waals surface area (Å²) in [7, 11) is 0. The van der Waals surface area contributed by atoms with Gasteiger partial charge < -0.3 is 14.6 Å². The van der Waals surface area contributed by atoms with Crippen molar-refractivity contribution in [3.8, 4) is 0 Å². The molecule has 0 aliphatic rings. The maximum atomic E-state index is 12.5. The third kappa shape index (κ3) is 4.30. The van der Waals surface area contributed by atoms with Crippen LogP contribution in [0.1, 0.15) is 29.9 Å². The lowest BCUT2D eigenvalue weighted by Crippen LogP contribution is -2.30. The first-order chi connectivity index (χ1) is 13.8. The Morgan fingerprint density at radius 1 is 1.24 bits per heavy atom. The third-order valence-electron chi connectivity index (χ3n) is 4.45. The molecule has 3 aromatic rings. The number of halogens is 1. The Kier molecular flexibility index (Phi) is 5.98. The van der Waals surface area contributed by atoms with Crippen LogP contribution >= 0.6 is 11.6 Å². The molecular weight excluding hydrogens is 394 g/mol. The zero-order valence-corrected chi connectivity index (χ0v) is 17.0. The number of nitrogens with zero attached hydrogens (tertiary/aromatic N) is 2. The number of nitrogens with one attached hydrogen (secondary N) is 1. The van der Waals surface area contributed by atoms with E-state index in [4.69, 9.17) is 16.3 Å². The number of ether oxygens (including phenoxy) is 1. The minimum Gasteiger partial charge on any atom is -0.449 e. The largest absolute Gasteiger partial charge is 0.449 e. The molecule has 0 radical (unpaired) electrons. The van der Waals surface area contributed by atoms with Gasteiger partial charge in [-0.15, -0.1) is 0 Å². The van der Waals surface area contributed by atoms with Crippen LogP contribution in [0.5, 0.6) is 0 Å². The number of amides is 1. The first kappa shape index (κ1) is 20.5. The number of anilines is 1. The van der Waals surface area contributed by atoms with E-state index in [1.807, 2.05) is 6.92 Å². The summed E-state index contributed by atoms with van der Waals surface area (Å²) in [5, 5.41) is 3.01. The van der Waals surface area contributed by atoms with Gasteiger partial charge in [-0.3, -0.25) is 9.59 Å². The quantitative estimate of drug-likeness (QED) is 0.646. The lowest BCUT2D eigenvalue weighted by molar-refractivity contribution is -0.123. The number of fused-ring (bicyclic) bond motifs is 1. The molecule has 0 saturated carbocycles. The molecule has 1 N–H and O–H groups in total. The molecule has 3 rings (SSSR count). The number of hydrogen-bond donors (Lipinski definition) is 1. The van der Waals surface area contributed by atoms with Gasteiger partial charge in [-0.1, -0.05) is 23.7 Å². The van der Waals surface area contributed by atoms with E-state index in [0.717, 1.165) is 0 Å². The normalized spacial score (nSPS) is 11.9. The number of para-hydroxylation sites is 1. The SMILES string of the molecule is CCn1c(=O)c(C)nc2cc(C(=O)O[C@@H](C)C(=O)Nc3ccccc3Cl)ccc21. The number of aryl methyl sites for hydroxylation is 2. The molecular formula is C21H20ClN3O4. The van der Waals surface area contributed by atoms with Gasteiger partial charge in [0.25, 0.3) is 11.5 Å². The van der Waals surface area contributed by atoms with Crippen LogP contribution in [0.15, 0.2) is 47.3 Å². The maximum absolute atomic E-state index is 12.5. The van der Waals surface area contributed by atoms with Crippen molar-refractivity contribution in [2.45, 2.75) is 33.4 Å². The van der Waals surface area contributed by atoms with Crippen molar-refractivity contribution in [1.29, 1.82) is 0 Å². The van der Waals surface area contributed by atoms with Crippen LogP contribution in [0.3, 0.4) is 0 Å². The Labute approximate surface area is 172 Å². The number of rotatable bonds is 5. The van der Waals surface area contributed by atoms with E-state index in [1.165, 1.54) is 6.92 Å². The van der Waals surface area contributed by atoms with Gasteiger partial charge >= 0.3 is 5.97 Å². The van der Waals surface area contributed by atoms with E-state index < -0.39 is 18.0 Å². The van der Waals surface area contributed by atoms with Crippen molar-refractivity contribution in [3.05, 3.63) is 69.1 Å².